The van der Waals surface area contributed by atoms with Crippen LogP contribution in [0.25, 0.3) is 11.2 Å². The lowest BCUT2D eigenvalue weighted by atomic mass is 9.85. The summed E-state index contributed by atoms with van der Waals surface area (Å²) in [5.41, 5.74) is 8.21. The molecular formula is C20H22Cl2N8OS. The van der Waals surface area contributed by atoms with Crippen molar-refractivity contribution in [3.8, 4) is 0 Å². The van der Waals surface area contributed by atoms with Crippen LogP contribution in [0.2, 0.25) is 5.28 Å². The standard InChI is InChI=1S/C20H22Cl2N8OS/c21-19-27-16(23)14-17(28-19)29(8-24-14)11-4-1-9(2-5-11)18(31)30(22)20-26-13-7-10-3-6-12(25-10)15(13)32-20/h8-12,25H,1-7H2,(H2,23,27,28)/t9?,10-,11?,12+/m0/s1. The summed E-state index contributed by atoms with van der Waals surface area (Å²) in [6.45, 7) is 0. The lowest BCUT2D eigenvalue weighted by molar-refractivity contribution is -0.122. The third kappa shape index (κ3) is 3.35. The molecule has 1 saturated carbocycles. The molecule has 12 heteroatoms. The lowest BCUT2D eigenvalue weighted by Gasteiger charge is -2.29. The van der Waals surface area contributed by atoms with E-state index in [9.17, 15) is 4.79 Å². The molecule has 5 heterocycles. The Morgan fingerprint density at radius 3 is 2.81 bits per heavy atom. The van der Waals surface area contributed by atoms with Gasteiger partial charge in [0.1, 0.15) is 5.52 Å². The topological polar surface area (TPSA) is 115 Å². The van der Waals surface area contributed by atoms with Crippen molar-refractivity contribution >= 4 is 62.7 Å². The predicted octanol–water partition coefficient (Wildman–Crippen LogP) is 3.79. The van der Waals surface area contributed by atoms with Gasteiger partial charge in [0.15, 0.2) is 11.5 Å². The average Bonchev–Trinajstić information content (AvgIpc) is 3.51. The number of halogens is 2. The molecule has 2 atom stereocenters. The zero-order chi connectivity index (χ0) is 22.0. The number of aromatic nitrogens is 5. The first-order valence-corrected chi connectivity index (χ1v) is 12.4. The summed E-state index contributed by atoms with van der Waals surface area (Å²) in [6.07, 6.45) is 8.07. The monoisotopic (exact) mass is 492 g/mol. The van der Waals surface area contributed by atoms with E-state index in [1.165, 1.54) is 15.7 Å². The molecule has 1 saturated heterocycles. The fourth-order valence-corrected chi connectivity index (χ4v) is 6.85. The zero-order valence-electron chi connectivity index (χ0n) is 17.2. The SMILES string of the molecule is Nc1nc(Cl)nc2c1ncn2C1CCC(C(=O)N(Cl)c2nc3c(s2)[C@H]2CC[C@@H](C3)N2)CC1. The smallest absolute Gasteiger partial charge is 0.246 e. The van der Waals surface area contributed by atoms with E-state index < -0.39 is 0 Å². The first kappa shape index (κ1) is 20.6. The third-order valence-corrected chi connectivity index (χ3v) is 8.73. The van der Waals surface area contributed by atoms with E-state index in [4.69, 9.17) is 34.1 Å². The average molecular weight is 493 g/mol. The van der Waals surface area contributed by atoms with Crippen LogP contribution in [0.3, 0.4) is 0 Å². The summed E-state index contributed by atoms with van der Waals surface area (Å²) < 4.78 is 3.25. The molecule has 3 aromatic rings. The van der Waals surface area contributed by atoms with Crippen molar-refractivity contribution in [2.75, 3.05) is 10.2 Å². The fraction of sp³-hybridized carbons (Fsp3) is 0.550. The van der Waals surface area contributed by atoms with Crippen molar-refractivity contribution in [1.29, 1.82) is 0 Å². The van der Waals surface area contributed by atoms with Crippen LogP contribution in [0.4, 0.5) is 10.9 Å². The van der Waals surface area contributed by atoms with Crippen LogP contribution in [0.1, 0.15) is 61.2 Å². The Balaban J connectivity index is 1.15. The molecule has 0 radical (unpaired) electrons. The van der Waals surface area contributed by atoms with E-state index >= 15 is 0 Å². The zero-order valence-corrected chi connectivity index (χ0v) is 19.5. The van der Waals surface area contributed by atoms with Crippen LogP contribution in [0, 0.1) is 5.92 Å². The molecule has 168 valence electrons. The van der Waals surface area contributed by atoms with Gasteiger partial charge in [-0.25, -0.2) is 9.97 Å². The number of hydrogen-bond donors (Lipinski definition) is 2. The molecule has 1 aliphatic carbocycles. The molecule has 3 N–H and O–H groups in total. The minimum absolute atomic E-state index is 0.0700. The maximum absolute atomic E-state index is 13.1. The molecule has 3 aromatic heterocycles. The minimum Gasteiger partial charge on any atom is -0.382 e. The molecule has 1 amide bonds. The molecule has 9 nitrogen and oxygen atoms in total. The second-order valence-corrected chi connectivity index (χ2v) is 10.5. The predicted molar refractivity (Wildman–Crippen MR) is 124 cm³/mol. The largest absolute Gasteiger partial charge is 0.382 e. The van der Waals surface area contributed by atoms with Gasteiger partial charge in [-0.1, -0.05) is 11.3 Å². The molecule has 0 spiro atoms. The van der Waals surface area contributed by atoms with Crippen molar-refractivity contribution in [3.05, 3.63) is 22.2 Å². The summed E-state index contributed by atoms with van der Waals surface area (Å²) in [5.74, 6) is 0.0757. The van der Waals surface area contributed by atoms with Crippen LogP contribution in [-0.4, -0.2) is 36.5 Å². The first-order valence-electron chi connectivity index (χ1n) is 10.9. The van der Waals surface area contributed by atoms with E-state index in [-0.39, 0.29) is 29.0 Å². The van der Waals surface area contributed by atoms with Gasteiger partial charge in [-0.05, 0) is 50.1 Å². The van der Waals surface area contributed by atoms with Crippen molar-refractivity contribution in [2.24, 2.45) is 5.92 Å². The molecular weight excluding hydrogens is 471 g/mol. The number of fused-ring (bicyclic) bond motifs is 5. The highest BCUT2D eigenvalue weighted by Crippen LogP contribution is 2.43. The van der Waals surface area contributed by atoms with Gasteiger partial charge in [0.25, 0.3) is 0 Å². The molecule has 0 aromatic carbocycles. The number of nitrogens with two attached hydrogens (primary N) is 1. The Bertz CT molecular complexity index is 1200. The van der Waals surface area contributed by atoms with Gasteiger partial charge in [0, 0.05) is 47.1 Å². The van der Waals surface area contributed by atoms with Crippen LogP contribution in [0.15, 0.2) is 6.33 Å². The second kappa shape index (κ2) is 7.79. The number of nitrogen functional groups attached to an aromatic ring is 1. The molecule has 3 aliphatic rings. The van der Waals surface area contributed by atoms with E-state index in [0.29, 0.717) is 28.4 Å². The van der Waals surface area contributed by atoms with E-state index in [1.54, 1.807) is 17.7 Å². The number of nitrogens with one attached hydrogen (secondary N) is 1. The van der Waals surface area contributed by atoms with Crippen molar-refractivity contribution in [1.82, 2.24) is 29.8 Å². The second-order valence-electron chi connectivity index (χ2n) is 8.83. The molecule has 0 unspecified atom stereocenters. The van der Waals surface area contributed by atoms with Gasteiger partial charge in [-0.15, -0.1) is 0 Å². The Labute approximate surface area is 198 Å². The number of thiazole rings is 1. The van der Waals surface area contributed by atoms with Crippen molar-refractivity contribution < 1.29 is 4.79 Å². The van der Waals surface area contributed by atoms with Crippen LogP contribution >= 0.6 is 34.7 Å². The summed E-state index contributed by atoms with van der Waals surface area (Å²) >= 11 is 14.0. The Morgan fingerprint density at radius 1 is 1.19 bits per heavy atom. The van der Waals surface area contributed by atoms with Gasteiger partial charge >= 0.3 is 0 Å². The maximum atomic E-state index is 13.1. The van der Waals surface area contributed by atoms with Gasteiger partial charge in [0.05, 0.1) is 12.0 Å². The van der Waals surface area contributed by atoms with E-state index in [2.05, 4.69) is 20.3 Å². The van der Waals surface area contributed by atoms with Gasteiger partial charge in [0.2, 0.25) is 16.3 Å². The number of anilines is 2. The van der Waals surface area contributed by atoms with Gasteiger partial charge in [-0.2, -0.15) is 14.4 Å². The highest BCUT2D eigenvalue weighted by molar-refractivity contribution is 7.16. The summed E-state index contributed by atoms with van der Waals surface area (Å²) in [5, 5.41) is 4.32. The Morgan fingerprint density at radius 2 is 2.00 bits per heavy atom. The lowest BCUT2D eigenvalue weighted by Crippen LogP contribution is -2.32. The normalized spacial score (nSPS) is 26.9. The maximum Gasteiger partial charge on any atom is 0.246 e. The number of rotatable bonds is 3. The number of hydrogen-bond acceptors (Lipinski definition) is 8. The number of amides is 1. The molecule has 2 fully saturated rings. The molecule has 2 bridgehead atoms. The summed E-state index contributed by atoms with van der Waals surface area (Å²) in [7, 11) is 0. The van der Waals surface area contributed by atoms with Crippen molar-refractivity contribution in [3.63, 3.8) is 0 Å². The quantitative estimate of drug-likeness (QED) is 0.422. The molecule has 6 rings (SSSR count). The van der Waals surface area contributed by atoms with Crippen LogP contribution in [0.5, 0.6) is 0 Å². The number of carbonyl (C=O) groups excluding carboxylic acids is 1. The van der Waals surface area contributed by atoms with Crippen LogP contribution < -0.4 is 15.5 Å². The molecule has 32 heavy (non-hydrogen) atoms. The van der Waals surface area contributed by atoms with Crippen LogP contribution in [-0.2, 0) is 11.2 Å². The summed E-state index contributed by atoms with van der Waals surface area (Å²) in [4.78, 5) is 31.7. The van der Waals surface area contributed by atoms with E-state index in [1.807, 2.05) is 4.57 Å². The van der Waals surface area contributed by atoms with E-state index in [0.717, 1.165) is 44.2 Å². The molecule has 2 aliphatic heterocycles. The Kier molecular flexibility index (Phi) is 5.01. The minimum atomic E-state index is -0.127. The number of imidazole rings is 1. The fourth-order valence-electron chi connectivity index (χ4n) is 5.31. The third-order valence-electron chi connectivity index (χ3n) is 6.94. The van der Waals surface area contributed by atoms with Gasteiger partial charge in [-0.3, -0.25) is 4.79 Å². The highest BCUT2D eigenvalue weighted by Gasteiger charge is 2.37. The number of carbonyl (C=O) groups is 1. The summed E-state index contributed by atoms with van der Waals surface area (Å²) in [6, 6.07) is 1.04. The number of nitrogens with zero attached hydrogens (tertiary/aromatic N) is 6. The van der Waals surface area contributed by atoms with Crippen molar-refractivity contribution in [2.45, 2.75) is 63.1 Å². The Hall–Kier alpha value is -2.01. The van der Waals surface area contributed by atoms with Gasteiger partial charge < -0.3 is 15.6 Å². The highest BCUT2D eigenvalue weighted by atomic mass is 35.5. The first-order chi connectivity index (χ1) is 15.5.